The van der Waals surface area contributed by atoms with Crippen LogP contribution in [-0.4, -0.2) is 47.3 Å². The molecule has 0 radical (unpaired) electrons. The van der Waals surface area contributed by atoms with Gasteiger partial charge in [-0.15, -0.1) is 11.6 Å². The molecule has 3 rings (SSSR count). The van der Waals surface area contributed by atoms with Gasteiger partial charge in [-0.05, 0) is 18.2 Å². The second-order valence-corrected chi connectivity index (χ2v) is 5.17. The summed E-state index contributed by atoms with van der Waals surface area (Å²) in [5, 5.41) is 0. The molecule has 1 aromatic heterocycles. The van der Waals surface area contributed by atoms with Gasteiger partial charge >= 0.3 is 0 Å². The smallest absolute Gasteiger partial charge is 0.125 e. The largest absolute Gasteiger partial charge is 0.379 e. The maximum Gasteiger partial charge on any atom is 0.125 e. The van der Waals surface area contributed by atoms with Crippen molar-refractivity contribution in [3.63, 3.8) is 0 Å². The molecule has 20 heavy (non-hydrogen) atoms. The van der Waals surface area contributed by atoms with E-state index in [0.717, 1.165) is 56.3 Å². The van der Waals surface area contributed by atoms with Crippen molar-refractivity contribution in [2.24, 2.45) is 0 Å². The Balaban J connectivity index is 1.83. The Hall–Kier alpha value is -1.17. The average molecular weight is 298 g/mol. The van der Waals surface area contributed by atoms with Crippen molar-refractivity contribution in [1.29, 1.82) is 0 Å². The molecule has 4 nitrogen and oxygen atoms in total. The minimum absolute atomic E-state index is 0.244. The third-order valence-electron chi connectivity index (χ3n) is 3.65. The molecule has 0 amide bonds. The van der Waals surface area contributed by atoms with E-state index in [1.165, 1.54) is 12.1 Å². The quantitative estimate of drug-likeness (QED) is 0.811. The molecule has 0 unspecified atom stereocenters. The first kappa shape index (κ1) is 13.8. The minimum atomic E-state index is -0.244. The number of aromatic nitrogens is 2. The molecule has 1 fully saturated rings. The highest BCUT2D eigenvalue weighted by atomic mass is 35.5. The van der Waals surface area contributed by atoms with Gasteiger partial charge < -0.3 is 9.30 Å². The normalized spacial score (nSPS) is 16.9. The monoisotopic (exact) mass is 297 g/mol. The van der Waals surface area contributed by atoms with E-state index in [1.807, 2.05) is 4.57 Å². The van der Waals surface area contributed by atoms with Crippen LogP contribution in [0.2, 0.25) is 0 Å². The highest BCUT2D eigenvalue weighted by molar-refractivity contribution is 6.16. The van der Waals surface area contributed by atoms with Crippen molar-refractivity contribution in [2.75, 3.05) is 32.8 Å². The fourth-order valence-electron chi connectivity index (χ4n) is 2.56. The number of nitrogens with zero attached hydrogens (tertiary/aromatic N) is 3. The molecule has 0 saturated carbocycles. The van der Waals surface area contributed by atoms with Gasteiger partial charge in [-0.3, -0.25) is 4.90 Å². The van der Waals surface area contributed by atoms with Gasteiger partial charge in [-0.2, -0.15) is 0 Å². The van der Waals surface area contributed by atoms with Crippen LogP contribution in [0.25, 0.3) is 11.0 Å². The van der Waals surface area contributed by atoms with E-state index in [9.17, 15) is 4.39 Å². The summed E-state index contributed by atoms with van der Waals surface area (Å²) < 4.78 is 20.8. The lowest BCUT2D eigenvalue weighted by Crippen LogP contribution is -2.38. The van der Waals surface area contributed by atoms with E-state index in [0.29, 0.717) is 5.88 Å². The van der Waals surface area contributed by atoms with Gasteiger partial charge in [-0.25, -0.2) is 9.37 Å². The topological polar surface area (TPSA) is 30.3 Å². The lowest BCUT2D eigenvalue weighted by atomic mass is 10.3. The van der Waals surface area contributed by atoms with Gasteiger partial charge in [0.25, 0.3) is 0 Å². The number of benzene rings is 1. The first-order chi connectivity index (χ1) is 9.78. The van der Waals surface area contributed by atoms with Gasteiger partial charge in [0.05, 0.1) is 30.1 Å². The SMILES string of the molecule is Fc1ccc2nc(CCl)n(CCN3CCOCC3)c2c1. The second-order valence-electron chi connectivity index (χ2n) is 4.90. The summed E-state index contributed by atoms with van der Waals surface area (Å²) in [5.74, 6) is 0.881. The molecule has 1 aliphatic heterocycles. The van der Waals surface area contributed by atoms with E-state index < -0.39 is 0 Å². The van der Waals surface area contributed by atoms with Crippen molar-refractivity contribution in [1.82, 2.24) is 14.5 Å². The highest BCUT2D eigenvalue weighted by Gasteiger charge is 2.14. The lowest BCUT2D eigenvalue weighted by molar-refractivity contribution is 0.0364. The predicted octanol–water partition coefficient (Wildman–Crippen LogP) is 2.25. The predicted molar refractivity (Wildman–Crippen MR) is 76.5 cm³/mol. The van der Waals surface area contributed by atoms with Crippen LogP contribution in [0, 0.1) is 5.82 Å². The van der Waals surface area contributed by atoms with Gasteiger partial charge in [0, 0.05) is 26.2 Å². The van der Waals surface area contributed by atoms with Crippen LogP contribution >= 0.6 is 11.6 Å². The molecule has 1 saturated heterocycles. The van der Waals surface area contributed by atoms with Crippen LogP contribution in [0.1, 0.15) is 5.82 Å². The standard InChI is InChI=1S/C14H17ClFN3O/c15-10-14-17-12-2-1-11(16)9-13(12)19(14)4-3-18-5-7-20-8-6-18/h1-2,9H,3-8,10H2. The molecule has 2 aromatic rings. The summed E-state index contributed by atoms with van der Waals surface area (Å²) in [6.07, 6.45) is 0. The number of hydrogen-bond acceptors (Lipinski definition) is 3. The van der Waals surface area contributed by atoms with Crippen molar-refractivity contribution in [2.45, 2.75) is 12.4 Å². The third kappa shape index (κ3) is 2.80. The summed E-state index contributed by atoms with van der Waals surface area (Å²) in [4.78, 5) is 6.80. The molecular formula is C14H17ClFN3O. The zero-order valence-corrected chi connectivity index (χ0v) is 11.9. The second kappa shape index (κ2) is 6.08. The maximum atomic E-state index is 13.4. The van der Waals surface area contributed by atoms with Crippen LogP contribution in [0.5, 0.6) is 0 Å². The van der Waals surface area contributed by atoms with Crippen molar-refractivity contribution in [3.05, 3.63) is 29.8 Å². The first-order valence-corrected chi connectivity index (χ1v) is 7.32. The first-order valence-electron chi connectivity index (χ1n) is 6.78. The Labute approximate surface area is 122 Å². The number of imidazole rings is 1. The number of morpholine rings is 1. The van der Waals surface area contributed by atoms with Gasteiger partial charge in [-0.1, -0.05) is 0 Å². The molecular weight excluding hydrogens is 281 g/mol. The van der Waals surface area contributed by atoms with E-state index >= 15 is 0 Å². The summed E-state index contributed by atoms with van der Waals surface area (Å²) in [7, 11) is 0. The number of hydrogen-bond donors (Lipinski definition) is 0. The Morgan fingerprint density at radius 3 is 2.80 bits per heavy atom. The summed E-state index contributed by atoms with van der Waals surface area (Å²) >= 11 is 5.95. The Bertz CT molecular complexity index is 595. The number of fused-ring (bicyclic) bond motifs is 1. The van der Waals surface area contributed by atoms with E-state index in [2.05, 4.69) is 9.88 Å². The molecule has 0 N–H and O–H groups in total. The molecule has 6 heteroatoms. The van der Waals surface area contributed by atoms with Crippen LogP contribution in [0.4, 0.5) is 4.39 Å². The maximum absolute atomic E-state index is 13.4. The molecule has 2 heterocycles. The van der Waals surface area contributed by atoms with Gasteiger partial charge in [0.1, 0.15) is 11.6 Å². The molecule has 1 aromatic carbocycles. The number of halogens is 2. The minimum Gasteiger partial charge on any atom is -0.379 e. The average Bonchev–Trinajstić information content (AvgIpc) is 2.83. The molecule has 0 atom stereocenters. The summed E-state index contributed by atoms with van der Waals surface area (Å²) in [6.45, 7) is 5.11. The molecule has 1 aliphatic rings. The fourth-order valence-corrected chi connectivity index (χ4v) is 2.77. The fraction of sp³-hybridized carbons (Fsp3) is 0.500. The highest BCUT2D eigenvalue weighted by Crippen LogP contribution is 2.19. The van der Waals surface area contributed by atoms with E-state index in [-0.39, 0.29) is 5.82 Å². The zero-order valence-electron chi connectivity index (χ0n) is 11.2. The molecule has 108 valence electrons. The Morgan fingerprint density at radius 1 is 1.25 bits per heavy atom. The summed E-state index contributed by atoms with van der Waals surface area (Å²) in [6, 6.07) is 4.66. The Kier molecular flexibility index (Phi) is 4.19. The van der Waals surface area contributed by atoms with Crippen LogP contribution in [0.3, 0.4) is 0 Å². The zero-order chi connectivity index (χ0) is 13.9. The van der Waals surface area contributed by atoms with Gasteiger partial charge in [0.2, 0.25) is 0 Å². The lowest BCUT2D eigenvalue weighted by Gasteiger charge is -2.26. The molecule has 0 spiro atoms. The molecule has 0 bridgehead atoms. The number of rotatable bonds is 4. The van der Waals surface area contributed by atoms with Gasteiger partial charge in [0.15, 0.2) is 0 Å². The number of ether oxygens (including phenoxy) is 1. The van der Waals surface area contributed by atoms with Crippen LogP contribution in [0.15, 0.2) is 18.2 Å². The van der Waals surface area contributed by atoms with E-state index in [1.54, 1.807) is 6.07 Å². The summed E-state index contributed by atoms with van der Waals surface area (Å²) in [5.41, 5.74) is 1.61. The third-order valence-corrected chi connectivity index (χ3v) is 3.89. The van der Waals surface area contributed by atoms with Crippen LogP contribution < -0.4 is 0 Å². The Morgan fingerprint density at radius 2 is 2.05 bits per heavy atom. The van der Waals surface area contributed by atoms with Crippen molar-refractivity contribution in [3.8, 4) is 0 Å². The van der Waals surface area contributed by atoms with Crippen LogP contribution in [-0.2, 0) is 17.2 Å². The number of alkyl halides is 1. The van der Waals surface area contributed by atoms with Crippen molar-refractivity contribution < 1.29 is 9.13 Å². The van der Waals surface area contributed by atoms with E-state index in [4.69, 9.17) is 16.3 Å². The molecule has 0 aliphatic carbocycles. The van der Waals surface area contributed by atoms with Crippen molar-refractivity contribution >= 4 is 22.6 Å².